The normalized spacial score (nSPS) is 19.1. The van der Waals surface area contributed by atoms with Gasteiger partial charge in [-0.3, -0.25) is 0 Å². The first-order valence-corrected chi connectivity index (χ1v) is 8.67. The van der Waals surface area contributed by atoms with Gasteiger partial charge in [0.05, 0.1) is 19.2 Å². The number of benzene rings is 2. The second-order valence-electron chi connectivity index (χ2n) is 6.35. The maximum absolute atomic E-state index is 5.38. The van der Waals surface area contributed by atoms with Crippen LogP contribution in [-0.4, -0.2) is 21.9 Å². The van der Waals surface area contributed by atoms with Crippen LogP contribution in [0.2, 0.25) is 0 Å². The van der Waals surface area contributed by atoms with E-state index in [9.17, 15) is 0 Å². The number of hydrogen-bond donors (Lipinski definition) is 1. The monoisotopic (exact) mass is 334 g/mol. The molecular weight excluding hydrogens is 312 g/mol. The van der Waals surface area contributed by atoms with Gasteiger partial charge in [0, 0.05) is 0 Å². The van der Waals surface area contributed by atoms with Gasteiger partial charge in [-0.15, -0.1) is 0 Å². The molecule has 0 aliphatic carbocycles. The zero-order chi connectivity index (χ0) is 17.2. The minimum atomic E-state index is 0.167. The van der Waals surface area contributed by atoms with Gasteiger partial charge in [-0.1, -0.05) is 43.3 Å². The van der Waals surface area contributed by atoms with E-state index in [-0.39, 0.29) is 12.1 Å². The van der Waals surface area contributed by atoms with E-state index in [1.54, 1.807) is 13.4 Å². The molecule has 1 N–H and O–H groups in total. The molecule has 0 saturated heterocycles. The van der Waals surface area contributed by atoms with Crippen LogP contribution in [0.15, 0.2) is 54.9 Å². The Morgan fingerprint density at radius 3 is 2.76 bits per heavy atom. The van der Waals surface area contributed by atoms with Gasteiger partial charge in [0.25, 0.3) is 0 Å². The minimum absolute atomic E-state index is 0.167. The molecule has 5 heteroatoms. The summed E-state index contributed by atoms with van der Waals surface area (Å²) in [6.07, 6.45) is 3.58. The van der Waals surface area contributed by atoms with Crippen molar-refractivity contribution in [3.8, 4) is 5.75 Å². The maximum Gasteiger partial charge on any atom is 0.222 e. The van der Waals surface area contributed by atoms with Gasteiger partial charge in [0.1, 0.15) is 12.1 Å². The fraction of sp³-hybridized carbons (Fsp3) is 0.300. The molecule has 0 bridgehead atoms. The predicted molar refractivity (Wildman–Crippen MR) is 98.0 cm³/mol. The first kappa shape index (κ1) is 15.7. The summed E-state index contributed by atoms with van der Waals surface area (Å²) in [5.74, 6) is 1.68. The number of aromatic nitrogens is 3. The Morgan fingerprint density at radius 1 is 1.16 bits per heavy atom. The quantitative estimate of drug-likeness (QED) is 0.784. The van der Waals surface area contributed by atoms with Crippen LogP contribution in [0.25, 0.3) is 0 Å². The predicted octanol–water partition coefficient (Wildman–Crippen LogP) is 4.00. The molecule has 4 rings (SSSR count). The Labute approximate surface area is 147 Å². The molecule has 2 atom stereocenters. The van der Waals surface area contributed by atoms with Crippen LogP contribution in [0.1, 0.15) is 42.1 Å². The van der Waals surface area contributed by atoms with Crippen LogP contribution in [0.5, 0.6) is 5.75 Å². The van der Waals surface area contributed by atoms with Crippen molar-refractivity contribution in [2.24, 2.45) is 0 Å². The molecular formula is C20H22N4O. The fourth-order valence-electron chi connectivity index (χ4n) is 3.45. The SMILES string of the molecule is CCc1ccc([C@@H]2C[C@H](c3cccc(OC)c3)Nc3ncnn32)cc1. The largest absolute Gasteiger partial charge is 0.497 e. The smallest absolute Gasteiger partial charge is 0.222 e. The van der Waals surface area contributed by atoms with Gasteiger partial charge in [-0.2, -0.15) is 10.1 Å². The topological polar surface area (TPSA) is 52.0 Å². The second kappa shape index (κ2) is 6.59. The third-order valence-electron chi connectivity index (χ3n) is 4.90. The highest BCUT2D eigenvalue weighted by atomic mass is 16.5. The van der Waals surface area contributed by atoms with Crippen LogP contribution in [0.3, 0.4) is 0 Å². The standard InChI is InChI=1S/C20H22N4O/c1-3-14-7-9-15(10-8-14)19-12-18(23-20-21-13-22-24(19)20)16-5-4-6-17(11-16)25-2/h4-11,13,18-19H,3,12H2,1-2H3,(H,21,22,23)/t18-,19+/m1/s1. The minimum Gasteiger partial charge on any atom is -0.497 e. The van der Waals surface area contributed by atoms with Gasteiger partial charge in [-0.25, -0.2) is 4.68 Å². The van der Waals surface area contributed by atoms with Gasteiger partial charge >= 0.3 is 0 Å². The van der Waals surface area contributed by atoms with Gasteiger partial charge in [-0.05, 0) is 41.7 Å². The zero-order valence-corrected chi connectivity index (χ0v) is 14.5. The Kier molecular flexibility index (Phi) is 4.14. The average Bonchev–Trinajstić information content (AvgIpc) is 3.16. The van der Waals surface area contributed by atoms with Crippen molar-refractivity contribution in [1.82, 2.24) is 14.8 Å². The number of methoxy groups -OCH3 is 1. The summed E-state index contributed by atoms with van der Waals surface area (Å²) in [6, 6.07) is 17.4. The maximum atomic E-state index is 5.38. The molecule has 25 heavy (non-hydrogen) atoms. The third-order valence-corrected chi connectivity index (χ3v) is 4.90. The van der Waals surface area contributed by atoms with Crippen molar-refractivity contribution in [2.75, 3.05) is 12.4 Å². The number of ether oxygens (including phenoxy) is 1. The Bertz CT molecular complexity index is 856. The van der Waals surface area contributed by atoms with E-state index in [1.165, 1.54) is 16.7 Å². The van der Waals surface area contributed by atoms with E-state index in [2.05, 4.69) is 58.7 Å². The lowest BCUT2D eigenvalue weighted by Crippen LogP contribution is -2.28. The second-order valence-corrected chi connectivity index (χ2v) is 6.35. The Balaban J connectivity index is 1.69. The Morgan fingerprint density at radius 2 is 2.00 bits per heavy atom. The number of nitrogens with one attached hydrogen (secondary N) is 1. The molecule has 0 amide bonds. The lowest BCUT2D eigenvalue weighted by atomic mass is 9.92. The highest BCUT2D eigenvalue weighted by Gasteiger charge is 2.30. The molecule has 128 valence electrons. The van der Waals surface area contributed by atoms with E-state index in [0.717, 1.165) is 24.5 Å². The molecule has 0 unspecified atom stereocenters. The van der Waals surface area contributed by atoms with Crippen LogP contribution >= 0.6 is 0 Å². The number of nitrogens with zero attached hydrogens (tertiary/aromatic N) is 3. The van der Waals surface area contributed by atoms with Crippen LogP contribution in [0, 0.1) is 0 Å². The Hall–Kier alpha value is -2.82. The first-order valence-electron chi connectivity index (χ1n) is 8.67. The lowest BCUT2D eigenvalue weighted by Gasteiger charge is -2.32. The molecule has 0 radical (unpaired) electrons. The average molecular weight is 334 g/mol. The number of hydrogen-bond acceptors (Lipinski definition) is 4. The van der Waals surface area contributed by atoms with E-state index in [4.69, 9.17) is 4.74 Å². The van der Waals surface area contributed by atoms with Crippen molar-refractivity contribution in [3.63, 3.8) is 0 Å². The van der Waals surface area contributed by atoms with Crippen molar-refractivity contribution < 1.29 is 4.74 Å². The molecule has 1 aliphatic rings. The van der Waals surface area contributed by atoms with Crippen LogP contribution in [-0.2, 0) is 6.42 Å². The third kappa shape index (κ3) is 2.97. The van der Waals surface area contributed by atoms with E-state index >= 15 is 0 Å². The molecule has 2 aromatic carbocycles. The molecule has 0 spiro atoms. The fourth-order valence-corrected chi connectivity index (χ4v) is 3.45. The number of aryl methyl sites for hydroxylation is 1. The molecule has 1 aromatic heterocycles. The van der Waals surface area contributed by atoms with Gasteiger partial charge < -0.3 is 10.1 Å². The molecule has 2 heterocycles. The summed E-state index contributed by atoms with van der Waals surface area (Å²) in [4.78, 5) is 4.39. The first-order chi connectivity index (χ1) is 12.3. The highest BCUT2D eigenvalue weighted by molar-refractivity contribution is 5.40. The van der Waals surface area contributed by atoms with E-state index in [1.807, 2.05) is 16.8 Å². The summed E-state index contributed by atoms with van der Waals surface area (Å²) in [5.41, 5.74) is 3.81. The number of anilines is 1. The molecule has 3 aromatic rings. The molecule has 1 aliphatic heterocycles. The summed E-state index contributed by atoms with van der Waals surface area (Å²) in [7, 11) is 1.70. The van der Waals surface area contributed by atoms with Crippen molar-refractivity contribution in [3.05, 3.63) is 71.5 Å². The lowest BCUT2D eigenvalue weighted by molar-refractivity contribution is 0.410. The van der Waals surface area contributed by atoms with Crippen molar-refractivity contribution >= 4 is 5.95 Å². The number of rotatable bonds is 4. The summed E-state index contributed by atoms with van der Waals surface area (Å²) >= 11 is 0. The van der Waals surface area contributed by atoms with Gasteiger partial charge in [0.2, 0.25) is 5.95 Å². The van der Waals surface area contributed by atoms with E-state index in [0.29, 0.717) is 0 Å². The zero-order valence-electron chi connectivity index (χ0n) is 14.5. The van der Waals surface area contributed by atoms with Crippen LogP contribution < -0.4 is 10.1 Å². The van der Waals surface area contributed by atoms with Crippen LogP contribution in [0.4, 0.5) is 5.95 Å². The highest BCUT2D eigenvalue weighted by Crippen LogP contribution is 2.38. The van der Waals surface area contributed by atoms with E-state index < -0.39 is 0 Å². The molecule has 5 nitrogen and oxygen atoms in total. The summed E-state index contributed by atoms with van der Waals surface area (Å²) in [5, 5.41) is 7.94. The molecule has 0 fully saturated rings. The van der Waals surface area contributed by atoms with Gasteiger partial charge in [0.15, 0.2) is 0 Å². The summed E-state index contributed by atoms with van der Waals surface area (Å²) < 4.78 is 7.36. The number of fused-ring (bicyclic) bond motifs is 1. The van der Waals surface area contributed by atoms with Crippen molar-refractivity contribution in [1.29, 1.82) is 0 Å². The molecule has 0 saturated carbocycles. The summed E-state index contributed by atoms with van der Waals surface area (Å²) in [6.45, 7) is 2.17. The van der Waals surface area contributed by atoms with Crippen molar-refractivity contribution in [2.45, 2.75) is 31.8 Å².